The SMILES string of the molecule is C[Si]C.Cc1cc2c(-c3cccc4cc5ccccc5cc34)cccc2[cH-]1.Cc1cc2c(-c3cccc4cc5ccccc5cc34)cccc2[cH-]1.[Cl][Zr+2][Cl]. The summed E-state index contributed by atoms with van der Waals surface area (Å²) in [5, 5.41) is 15.8. The summed E-state index contributed by atoms with van der Waals surface area (Å²) < 4.78 is 0. The second-order valence-corrected chi connectivity index (χ2v) is 18.4. The van der Waals surface area contributed by atoms with Crippen LogP contribution in [0.1, 0.15) is 11.1 Å². The number of hydrogen-bond donors (Lipinski definition) is 0. The molecule has 0 bridgehead atoms. The zero-order chi connectivity index (χ0) is 37.6. The molecule has 0 unspecified atom stereocenters. The minimum atomic E-state index is -0.826. The molecule has 0 N–H and O–H groups in total. The van der Waals surface area contributed by atoms with Gasteiger partial charge in [-0.25, -0.2) is 0 Å². The molecule has 0 saturated heterocycles. The number of fused-ring (bicyclic) bond motifs is 6. The van der Waals surface area contributed by atoms with Gasteiger partial charge in [-0.2, -0.15) is 12.1 Å². The third kappa shape index (κ3) is 8.05. The van der Waals surface area contributed by atoms with Crippen LogP contribution in [0.2, 0.25) is 13.1 Å². The summed E-state index contributed by atoms with van der Waals surface area (Å²) in [5.74, 6) is 0. The predicted molar refractivity (Wildman–Crippen MR) is 239 cm³/mol. The third-order valence-corrected chi connectivity index (χ3v) is 9.86. The van der Waals surface area contributed by atoms with Crippen molar-refractivity contribution in [3.8, 4) is 22.3 Å². The maximum atomic E-state index is 4.93. The minimum absolute atomic E-state index is 0.826. The Hall–Kier alpha value is -4.30. The predicted octanol–water partition coefficient (Wildman–Crippen LogP) is 15.8. The molecule has 0 heterocycles. The van der Waals surface area contributed by atoms with Gasteiger partial charge in [0.2, 0.25) is 0 Å². The summed E-state index contributed by atoms with van der Waals surface area (Å²) in [6, 6.07) is 62.0. The van der Waals surface area contributed by atoms with Gasteiger partial charge in [0.05, 0.1) is 0 Å². The molecule has 0 aromatic heterocycles. The van der Waals surface area contributed by atoms with E-state index in [0.29, 0.717) is 0 Å². The molecule has 0 saturated carbocycles. The molecule has 54 heavy (non-hydrogen) atoms. The molecule has 10 aromatic carbocycles. The Bertz CT molecular complexity index is 2670. The van der Waals surface area contributed by atoms with Crippen LogP contribution in [0.15, 0.2) is 170 Å². The Balaban J connectivity index is 0.000000146. The van der Waals surface area contributed by atoms with E-state index >= 15 is 0 Å². The van der Waals surface area contributed by atoms with E-state index in [-0.39, 0.29) is 0 Å². The summed E-state index contributed by atoms with van der Waals surface area (Å²) in [6.07, 6.45) is 0. The summed E-state index contributed by atoms with van der Waals surface area (Å²) in [7, 11) is 11.0. The van der Waals surface area contributed by atoms with Crippen molar-refractivity contribution in [3.05, 3.63) is 181 Å². The Labute approximate surface area is 339 Å². The summed E-state index contributed by atoms with van der Waals surface area (Å²) in [5.41, 5.74) is 7.91. The first-order chi connectivity index (χ1) is 26.4. The Kier molecular flexibility index (Phi) is 12.3. The topological polar surface area (TPSA) is 0 Å². The Morgan fingerprint density at radius 1 is 0.389 bits per heavy atom. The quantitative estimate of drug-likeness (QED) is 0.0925. The summed E-state index contributed by atoms with van der Waals surface area (Å²) in [4.78, 5) is 0. The molecule has 0 aliphatic rings. The van der Waals surface area contributed by atoms with E-state index in [0.717, 1.165) is 9.52 Å². The van der Waals surface area contributed by atoms with Crippen molar-refractivity contribution in [3.63, 3.8) is 0 Å². The molecule has 0 fully saturated rings. The van der Waals surface area contributed by atoms with Gasteiger partial charge in [0, 0.05) is 9.52 Å². The molecule has 0 spiro atoms. The van der Waals surface area contributed by atoms with Gasteiger partial charge >= 0.3 is 37.9 Å². The molecule has 10 aromatic rings. The van der Waals surface area contributed by atoms with Crippen molar-refractivity contribution in [2.24, 2.45) is 0 Å². The monoisotopic (exact) mass is 828 g/mol. The van der Waals surface area contributed by atoms with Gasteiger partial charge < -0.3 is 0 Å². The van der Waals surface area contributed by atoms with Gasteiger partial charge in [-0.15, -0.1) is 69.1 Å². The van der Waals surface area contributed by atoms with E-state index in [9.17, 15) is 0 Å². The normalized spacial score (nSPS) is 10.8. The van der Waals surface area contributed by atoms with E-state index in [1.807, 2.05) is 0 Å². The van der Waals surface area contributed by atoms with Gasteiger partial charge in [-0.1, -0.05) is 135 Å². The number of aryl methyl sites for hydroxylation is 2. The van der Waals surface area contributed by atoms with E-state index in [1.165, 1.54) is 98.0 Å². The van der Waals surface area contributed by atoms with Crippen LogP contribution in [0.3, 0.4) is 0 Å². The van der Waals surface area contributed by atoms with Crippen LogP contribution in [0.5, 0.6) is 0 Å². The average molecular weight is 831 g/mol. The van der Waals surface area contributed by atoms with Crippen molar-refractivity contribution >= 4 is 91.2 Å². The standard InChI is InChI=1S/2C24H17.C2H6Si.2ClH.Zr/c2*1-16-12-19-8-4-10-21(23(19)13-16)22-11-5-9-20-14-17-6-2-3-7-18(17)15-24(20)22;1-3-2;;;/h2*2-15H,1H3;1-2H3;2*1H;/q2*-1;;;;+4/p-2. The van der Waals surface area contributed by atoms with Crippen molar-refractivity contribution < 1.29 is 20.8 Å². The van der Waals surface area contributed by atoms with Gasteiger partial charge in [-0.3, -0.25) is 0 Å². The molecule has 0 aliphatic carbocycles. The number of rotatable bonds is 2. The van der Waals surface area contributed by atoms with Crippen LogP contribution in [0.4, 0.5) is 0 Å². The first kappa shape index (κ1) is 38.0. The maximum absolute atomic E-state index is 4.93. The molecule has 0 amide bonds. The van der Waals surface area contributed by atoms with Gasteiger partial charge in [0.15, 0.2) is 0 Å². The Morgan fingerprint density at radius 2 is 0.685 bits per heavy atom. The zero-order valence-corrected chi connectivity index (χ0v) is 35.9. The van der Waals surface area contributed by atoms with Crippen LogP contribution in [0.25, 0.3) is 86.9 Å². The fourth-order valence-electron chi connectivity index (χ4n) is 7.64. The fraction of sp³-hybridized carbons (Fsp3) is 0.0800. The molecule has 10 rings (SSSR count). The second-order valence-electron chi connectivity index (χ2n) is 13.7. The summed E-state index contributed by atoms with van der Waals surface area (Å²) in [6.45, 7) is 8.64. The first-order valence-electron chi connectivity index (χ1n) is 18.1. The molecule has 0 aliphatic heterocycles. The van der Waals surface area contributed by atoms with Crippen molar-refractivity contribution in [2.75, 3.05) is 0 Å². The van der Waals surface area contributed by atoms with E-state index in [1.54, 1.807) is 0 Å². The molecule has 0 atom stereocenters. The Morgan fingerprint density at radius 3 is 1.06 bits per heavy atom. The van der Waals surface area contributed by atoms with Crippen molar-refractivity contribution in [1.29, 1.82) is 0 Å². The molecule has 2 radical (unpaired) electrons. The second kappa shape index (κ2) is 17.4. The van der Waals surface area contributed by atoms with Gasteiger partial charge in [-0.05, 0) is 78.5 Å². The average Bonchev–Trinajstić information content (AvgIpc) is 3.77. The third-order valence-electron chi connectivity index (χ3n) is 9.86. The number of benzene rings is 8. The zero-order valence-electron chi connectivity index (χ0n) is 30.9. The fourth-order valence-corrected chi connectivity index (χ4v) is 7.64. The van der Waals surface area contributed by atoms with Crippen LogP contribution in [-0.2, 0) is 20.8 Å². The van der Waals surface area contributed by atoms with E-state index in [4.69, 9.17) is 17.0 Å². The van der Waals surface area contributed by atoms with Crippen molar-refractivity contribution in [2.45, 2.75) is 26.9 Å². The van der Waals surface area contributed by atoms with E-state index in [2.05, 4.69) is 197 Å². The van der Waals surface area contributed by atoms with Crippen LogP contribution >= 0.6 is 17.0 Å². The van der Waals surface area contributed by atoms with Gasteiger partial charge in [0.25, 0.3) is 0 Å². The molecule has 4 heteroatoms. The molecule has 262 valence electrons. The van der Waals surface area contributed by atoms with Crippen LogP contribution < -0.4 is 0 Å². The van der Waals surface area contributed by atoms with E-state index < -0.39 is 20.8 Å². The molecule has 0 nitrogen and oxygen atoms in total. The first-order valence-corrected chi connectivity index (χ1v) is 26.5. The van der Waals surface area contributed by atoms with Gasteiger partial charge in [0.1, 0.15) is 0 Å². The number of halogens is 2. The number of hydrogen-bond acceptors (Lipinski definition) is 0. The molecular weight excluding hydrogens is 791 g/mol. The van der Waals surface area contributed by atoms with Crippen LogP contribution in [0, 0.1) is 13.8 Å². The van der Waals surface area contributed by atoms with Crippen LogP contribution in [-0.4, -0.2) is 9.52 Å². The van der Waals surface area contributed by atoms with Crippen molar-refractivity contribution in [1.82, 2.24) is 0 Å². The summed E-state index contributed by atoms with van der Waals surface area (Å²) >= 11 is -0.826. The molecular formula is C50H40Cl2SiZr.